The maximum Gasteiger partial charge on any atom is 0.407 e. The number of oxazole rings is 1. The summed E-state index contributed by atoms with van der Waals surface area (Å²) in [6, 6.07) is 6.83. The number of nitriles is 1. The smallest absolute Gasteiger partial charge is 0.407 e. The molecule has 0 saturated heterocycles. The van der Waals surface area contributed by atoms with Crippen molar-refractivity contribution < 1.29 is 22.8 Å². The van der Waals surface area contributed by atoms with Gasteiger partial charge in [0.25, 0.3) is 0 Å². The molecule has 0 saturated carbocycles. The second kappa shape index (κ2) is 9.72. The normalized spacial score (nSPS) is 12.3. The summed E-state index contributed by atoms with van der Waals surface area (Å²) in [5.74, 6) is 1.37. The molecule has 4 aromatic heterocycles. The number of furan rings is 2. The monoisotopic (exact) mass is 497 g/mol. The maximum absolute atomic E-state index is 12.2. The predicted molar refractivity (Wildman–Crippen MR) is 128 cm³/mol. The van der Waals surface area contributed by atoms with E-state index in [1.54, 1.807) is 39.2 Å². The van der Waals surface area contributed by atoms with Crippen molar-refractivity contribution in [2.24, 2.45) is 0 Å². The minimum atomic E-state index is -0.630. The second-order valence-electron chi connectivity index (χ2n) is 8.90. The molecule has 182 valence electrons. The Morgan fingerprint density at radius 2 is 2.14 bits per heavy atom. The fraction of sp³-hybridized carbons (Fsp3) is 0.333. The van der Waals surface area contributed by atoms with Gasteiger partial charge in [0, 0.05) is 18.5 Å². The first-order valence-corrected chi connectivity index (χ1v) is 11.2. The van der Waals surface area contributed by atoms with Gasteiger partial charge in [0.15, 0.2) is 5.58 Å². The Bertz CT molecular complexity index is 1380. The molecule has 0 bridgehead atoms. The number of alkyl carbamates (subject to hydrolysis) is 1. The lowest BCUT2D eigenvalue weighted by Crippen LogP contribution is -2.38. The van der Waals surface area contributed by atoms with Crippen molar-refractivity contribution in [3.63, 3.8) is 0 Å². The van der Waals surface area contributed by atoms with Crippen LogP contribution in [0.25, 0.3) is 22.6 Å². The lowest BCUT2D eigenvalue weighted by Gasteiger charge is -2.21. The summed E-state index contributed by atoms with van der Waals surface area (Å²) in [5, 5.41) is 15.5. The molecule has 10 nitrogen and oxygen atoms in total. The molecule has 2 N–H and O–H groups in total. The van der Waals surface area contributed by atoms with Crippen molar-refractivity contribution in [3.05, 3.63) is 53.1 Å². The van der Waals surface area contributed by atoms with Crippen LogP contribution in [0.1, 0.15) is 45.0 Å². The Hall–Kier alpha value is -3.97. The van der Waals surface area contributed by atoms with Crippen LogP contribution in [0.15, 0.2) is 43.9 Å². The summed E-state index contributed by atoms with van der Waals surface area (Å²) in [4.78, 5) is 20.9. The van der Waals surface area contributed by atoms with E-state index in [9.17, 15) is 10.1 Å². The van der Waals surface area contributed by atoms with Gasteiger partial charge in [-0.3, -0.25) is 0 Å². The summed E-state index contributed by atoms with van der Waals surface area (Å²) in [7, 11) is 0. The van der Waals surface area contributed by atoms with Crippen molar-refractivity contribution in [1.29, 1.82) is 5.26 Å². The number of fused-ring (bicyclic) bond motifs is 1. The van der Waals surface area contributed by atoms with Gasteiger partial charge in [0.05, 0.1) is 24.7 Å². The Morgan fingerprint density at radius 3 is 2.80 bits per heavy atom. The Morgan fingerprint density at radius 1 is 1.34 bits per heavy atom. The molecular weight excluding hydrogens is 474 g/mol. The van der Waals surface area contributed by atoms with E-state index in [0.29, 0.717) is 34.7 Å². The Kier molecular flexibility index (Phi) is 6.71. The molecule has 4 aromatic rings. The summed E-state index contributed by atoms with van der Waals surface area (Å²) >= 11 is 6.33. The van der Waals surface area contributed by atoms with E-state index < -0.39 is 11.7 Å². The maximum atomic E-state index is 12.2. The van der Waals surface area contributed by atoms with Crippen LogP contribution in [0.5, 0.6) is 0 Å². The van der Waals surface area contributed by atoms with Gasteiger partial charge in [-0.2, -0.15) is 5.26 Å². The van der Waals surface area contributed by atoms with Crippen LogP contribution in [0.3, 0.4) is 0 Å². The molecule has 35 heavy (non-hydrogen) atoms. The Labute approximate surface area is 206 Å². The van der Waals surface area contributed by atoms with Crippen LogP contribution in [-0.2, 0) is 17.7 Å². The average Bonchev–Trinajstić information content (AvgIpc) is 3.50. The third-order valence-corrected chi connectivity index (χ3v) is 4.99. The van der Waals surface area contributed by atoms with E-state index in [1.165, 1.54) is 6.20 Å². The summed E-state index contributed by atoms with van der Waals surface area (Å²) in [5.41, 5.74) is 1.24. The predicted octanol–water partition coefficient (Wildman–Crippen LogP) is 5.67. The highest BCUT2D eigenvalue weighted by Gasteiger charge is 2.26. The fourth-order valence-corrected chi connectivity index (χ4v) is 3.65. The molecule has 4 heterocycles. The zero-order valence-corrected chi connectivity index (χ0v) is 20.4. The number of nitrogens with zero attached hydrogens (tertiary/aromatic N) is 3. The van der Waals surface area contributed by atoms with Gasteiger partial charge in [-0.1, -0.05) is 11.6 Å². The molecule has 4 rings (SSSR count). The van der Waals surface area contributed by atoms with Gasteiger partial charge >= 0.3 is 6.09 Å². The van der Waals surface area contributed by atoms with E-state index in [1.807, 2.05) is 19.1 Å². The summed E-state index contributed by atoms with van der Waals surface area (Å²) in [6.45, 7) is 7.57. The molecule has 0 radical (unpaired) electrons. The quantitative estimate of drug-likeness (QED) is 0.309. The molecule has 11 heteroatoms. The lowest BCUT2D eigenvalue weighted by atomic mass is 10.1. The van der Waals surface area contributed by atoms with E-state index in [-0.39, 0.29) is 29.3 Å². The highest BCUT2D eigenvalue weighted by Crippen LogP contribution is 2.38. The minimum Gasteiger partial charge on any atom is -0.467 e. The van der Waals surface area contributed by atoms with Crippen molar-refractivity contribution in [2.45, 2.75) is 52.3 Å². The van der Waals surface area contributed by atoms with Crippen molar-refractivity contribution in [2.75, 3.05) is 5.32 Å². The highest BCUT2D eigenvalue weighted by molar-refractivity contribution is 6.30. The van der Waals surface area contributed by atoms with E-state index in [4.69, 9.17) is 29.6 Å². The van der Waals surface area contributed by atoms with Crippen LogP contribution >= 0.6 is 11.6 Å². The van der Waals surface area contributed by atoms with Crippen LogP contribution in [0.4, 0.5) is 10.5 Å². The zero-order valence-electron chi connectivity index (χ0n) is 19.6. The number of aromatic nitrogens is 2. The third-order valence-electron chi connectivity index (χ3n) is 4.80. The standard InChI is InChI=1S/C24H24ClN5O5/c1-13(29-23(31)35-24(2,3)4)8-17-19(22-28-12-15(10-26)33-22)20-21(34-17)16(9-18(25)30-20)27-11-14-6-5-7-32-14/h5-7,9,12-13H,8,11H2,1-4H3,(H,27,30)(H,29,31)/t13-/m0/s1. The first-order chi connectivity index (χ1) is 16.6. The van der Waals surface area contributed by atoms with Crippen LogP contribution < -0.4 is 10.6 Å². The molecule has 0 aliphatic rings. The number of ether oxygens (including phenoxy) is 1. The number of rotatable bonds is 7. The van der Waals surface area contributed by atoms with Crippen molar-refractivity contribution in [1.82, 2.24) is 15.3 Å². The first-order valence-electron chi connectivity index (χ1n) is 10.9. The molecule has 0 aromatic carbocycles. The molecule has 0 aliphatic carbocycles. The number of amides is 1. The highest BCUT2D eigenvalue weighted by atomic mass is 35.5. The molecule has 0 unspecified atom stereocenters. The second-order valence-corrected chi connectivity index (χ2v) is 9.28. The number of pyridine rings is 1. The van der Waals surface area contributed by atoms with Gasteiger partial charge in [0.1, 0.15) is 39.4 Å². The van der Waals surface area contributed by atoms with Gasteiger partial charge in [-0.25, -0.2) is 14.8 Å². The molecule has 1 amide bonds. The van der Waals surface area contributed by atoms with E-state index in [0.717, 1.165) is 5.76 Å². The van der Waals surface area contributed by atoms with Gasteiger partial charge < -0.3 is 28.6 Å². The summed E-state index contributed by atoms with van der Waals surface area (Å²) in [6.07, 6.45) is 2.63. The fourth-order valence-electron chi connectivity index (χ4n) is 3.45. The van der Waals surface area contributed by atoms with Crippen LogP contribution in [-0.4, -0.2) is 27.7 Å². The summed E-state index contributed by atoms with van der Waals surface area (Å²) < 4.78 is 22.5. The number of carbonyl (C=O) groups excluding carboxylic acids is 1. The number of anilines is 1. The number of halogens is 1. The van der Waals surface area contributed by atoms with Crippen molar-refractivity contribution in [3.8, 4) is 17.5 Å². The average molecular weight is 498 g/mol. The number of hydrogen-bond donors (Lipinski definition) is 2. The third kappa shape index (κ3) is 5.75. The SMILES string of the molecule is C[C@@H](Cc1oc2c(NCc3ccco3)cc(Cl)nc2c1-c1ncc(C#N)o1)NC(=O)OC(C)(C)C. The van der Waals surface area contributed by atoms with E-state index in [2.05, 4.69) is 20.6 Å². The lowest BCUT2D eigenvalue weighted by molar-refractivity contribution is 0.0507. The van der Waals surface area contributed by atoms with Crippen LogP contribution in [0.2, 0.25) is 5.15 Å². The van der Waals surface area contributed by atoms with E-state index >= 15 is 0 Å². The molecule has 0 spiro atoms. The molecule has 0 fully saturated rings. The minimum absolute atomic E-state index is 0.0402. The van der Waals surface area contributed by atoms with Crippen molar-refractivity contribution >= 4 is 34.5 Å². The topological polar surface area (TPSA) is 139 Å². The van der Waals surface area contributed by atoms with Crippen LogP contribution in [0, 0.1) is 11.3 Å². The number of carbonyl (C=O) groups is 1. The molecule has 1 atom stereocenters. The zero-order chi connectivity index (χ0) is 25.2. The molecular formula is C24H24ClN5O5. The largest absolute Gasteiger partial charge is 0.467 e. The molecule has 0 aliphatic heterocycles. The van der Waals surface area contributed by atoms with Gasteiger partial charge in [-0.15, -0.1) is 0 Å². The number of hydrogen-bond acceptors (Lipinski definition) is 9. The van der Waals surface area contributed by atoms with Gasteiger partial charge in [0.2, 0.25) is 11.7 Å². The Balaban J connectivity index is 1.72. The first kappa shape index (κ1) is 24.2. The van der Waals surface area contributed by atoms with Gasteiger partial charge in [-0.05, 0) is 39.8 Å². The number of nitrogens with one attached hydrogen (secondary N) is 2.